The topological polar surface area (TPSA) is 49.4 Å². The number of benzene rings is 2. The molecule has 1 N–H and O–H groups in total. The van der Waals surface area contributed by atoms with E-state index in [-0.39, 0.29) is 17.9 Å². The summed E-state index contributed by atoms with van der Waals surface area (Å²) >= 11 is 1.51. The van der Waals surface area contributed by atoms with Crippen molar-refractivity contribution >= 4 is 23.6 Å². The molecule has 1 aliphatic rings. The fraction of sp³-hybridized carbons (Fsp3) is 0.417. The van der Waals surface area contributed by atoms with Crippen molar-refractivity contribution in [1.29, 1.82) is 0 Å². The third-order valence-corrected chi connectivity index (χ3v) is 6.44. The number of nitrogens with zero attached hydrogens (tertiary/aromatic N) is 1. The highest BCUT2D eigenvalue weighted by molar-refractivity contribution is 8.00. The molecular formula is C24H30N2O2S. The van der Waals surface area contributed by atoms with Crippen molar-refractivity contribution in [3.63, 3.8) is 0 Å². The summed E-state index contributed by atoms with van der Waals surface area (Å²) in [6, 6.07) is 17.8. The van der Waals surface area contributed by atoms with Crippen LogP contribution in [0.1, 0.15) is 43.7 Å². The van der Waals surface area contributed by atoms with Crippen LogP contribution in [0.4, 0.5) is 0 Å². The van der Waals surface area contributed by atoms with E-state index < -0.39 is 6.04 Å². The average Bonchev–Trinajstić information content (AvgIpc) is 3.25. The Morgan fingerprint density at radius 3 is 2.38 bits per heavy atom. The van der Waals surface area contributed by atoms with Gasteiger partial charge in [-0.25, -0.2) is 0 Å². The van der Waals surface area contributed by atoms with Crippen molar-refractivity contribution in [1.82, 2.24) is 10.2 Å². The lowest BCUT2D eigenvalue weighted by Gasteiger charge is -2.29. The molecule has 3 rings (SSSR count). The monoisotopic (exact) mass is 410 g/mol. The molecule has 0 unspecified atom stereocenters. The normalized spacial score (nSPS) is 15.1. The molecule has 2 aromatic rings. The first kappa shape index (κ1) is 21.4. The van der Waals surface area contributed by atoms with Crippen molar-refractivity contribution in [2.75, 3.05) is 5.75 Å². The number of aryl methyl sites for hydroxylation is 1. The fourth-order valence-electron chi connectivity index (χ4n) is 3.61. The van der Waals surface area contributed by atoms with E-state index in [0.717, 1.165) is 23.3 Å². The third kappa shape index (κ3) is 6.36. The minimum absolute atomic E-state index is 0.0199. The van der Waals surface area contributed by atoms with Gasteiger partial charge in [-0.2, -0.15) is 0 Å². The molecule has 0 bridgehead atoms. The van der Waals surface area contributed by atoms with Gasteiger partial charge in [0.25, 0.3) is 0 Å². The summed E-state index contributed by atoms with van der Waals surface area (Å²) in [4.78, 5) is 28.7. The Bertz CT molecular complexity index is 801. The molecule has 0 spiro atoms. The van der Waals surface area contributed by atoms with Crippen LogP contribution in [-0.4, -0.2) is 34.6 Å². The molecule has 5 heteroatoms. The molecule has 1 aliphatic carbocycles. The van der Waals surface area contributed by atoms with Crippen LogP contribution in [0.15, 0.2) is 59.5 Å². The molecule has 1 fully saturated rings. The summed E-state index contributed by atoms with van der Waals surface area (Å²) < 4.78 is 0. The molecule has 2 amide bonds. The minimum atomic E-state index is -0.499. The molecule has 0 aliphatic heterocycles. The molecule has 1 atom stereocenters. The van der Waals surface area contributed by atoms with Gasteiger partial charge in [0, 0.05) is 17.5 Å². The second kappa shape index (κ2) is 10.5. The molecule has 2 aromatic carbocycles. The van der Waals surface area contributed by atoms with Crippen molar-refractivity contribution < 1.29 is 9.59 Å². The Labute approximate surface area is 178 Å². The molecule has 0 saturated heterocycles. The smallest absolute Gasteiger partial charge is 0.242 e. The molecule has 0 aromatic heterocycles. The molecule has 0 heterocycles. The summed E-state index contributed by atoms with van der Waals surface area (Å²) in [5, 5.41) is 3.14. The molecule has 29 heavy (non-hydrogen) atoms. The van der Waals surface area contributed by atoms with Gasteiger partial charge in [0.15, 0.2) is 0 Å². The van der Waals surface area contributed by atoms with Gasteiger partial charge in [-0.05, 0) is 44.4 Å². The first-order valence-electron chi connectivity index (χ1n) is 10.4. The van der Waals surface area contributed by atoms with E-state index in [1.807, 2.05) is 68.4 Å². The van der Waals surface area contributed by atoms with Crippen LogP contribution >= 0.6 is 11.8 Å². The summed E-state index contributed by atoms with van der Waals surface area (Å²) in [6.45, 7) is 4.32. The quantitative estimate of drug-likeness (QED) is 0.649. The van der Waals surface area contributed by atoms with Crippen molar-refractivity contribution in [3.8, 4) is 0 Å². The Hall–Kier alpha value is -2.27. The van der Waals surface area contributed by atoms with Gasteiger partial charge in [0.05, 0.1) is 5.75 Å². The Morgan fingerprint density at radius 2 is 1.72 bits per heavy atom. The summed E-state index contributed by atoms with van der Waals surface area (Å²) in [7, 11) is 0. The van der Waals surface area contributed by atoms with E-state index in [0.29, 0.717) is 12.3 Å². The van der Waals surface area contributed by atoms with Crippen LogP contribution in [0.2, 0.25) is 0 Å². The standard InChI is InChI=1S/C24H30N2O2S/c1-18-12-14-20(15-13-18)16-26(19(2)24(28)25-21-8-6-7-9-21)23(27)17-29-22-10-4-3-5-11-22/h3-5,10-15,19,21H,6-9,16-17H2,1-2H3,(H,25,28)/t19-/m0/s1. The minimum Gasteiger partial charge on any atom is -0.352 e. The number of carbonyl (C=O) groups excluding carboxylic acids is 2. The van der Waals surface area contributed by atoms with E-state index in [2.05, 4.69) is 5.32 Å². The van der Waals surface area contributed by atoms with Crippen molar-refractivity contribution in [3.05, 3.63) is 65.7 Å². The Morgan fingerprint density at radius 1 is 1.07 bits per heavy atom. The van der Waals surface area contributed by atoms with E-state index >= 15 is 0 Å². The molecular weight excluding hydrogens is 380 g/mol. The zero-order chi connectivity index (χ0) is 20.6. The predicted octanol–water partition coefficient (Wildman–Crippen LogP) is 4.56. The Balaban J connectivity index is 1.69. The lowest BCUT2D eigenvalue weighted by atomic mass is 10.1. The highest BCUT2D eigenvalue weighted by Crippen LogP contribution is 2.21. The fourth-order valence-corrected chi connectivity index (χ4v) is 4.42. The van der Waals surface area contributed by atoms with E-state index in [4.69, 9.17) is 0 Å². The lowest BCUT2D eigenvalue weighted by molar-refractivity contribution is -0.138. The zero-order valence-electron chi connectivity index (χ0n) is 17.3. The second-order valence-corrected chi connectivity index (χ2v) is 8.82. The van der Waals surface area contributed by atoms with Crippen molar-refractivity contribution in [2.45, 2.75) is 63.1 Å². The zero-order valence-corrected chi connectivity index (χ0v) is 18.1. The average molecular weight is 411 g/mol. The van der Waals surface area contributed by atoms with Gasteiger partial charge in [-0.1, -0.05) is 60.9 Å². The van der Waals surface area contributed by atoms with Crippen LogP contribution < -0.4 is 5.32 Å². The Kier molecular flexibility index (Phi) is 7.76. The lowest BCUT2D eigenvalue weighted by Crippen LogP contribution is -2.50. The van der Waals surface area contributed by atoms with Crippen LogP contribution in [0.25, 0.3) is 0 Å². The van der Waals surface area contributed by atoms with Gasteiger partial charge in [0.1, 0.15) is 6.04 Å². The van der Waals surface area contributed by atoms with Gasteiger partial charge < -0.3 is 10.2 Å². The maximum atomic E-state index is 13.1. The summed E-state index contributed by atoms with van der Waals surface area (Å²) in [6.07, 6.45) is 4.40. The first-order valence-corrected chi connectivity index (χ1v) is 11.3. The molecule has 0 radical (unpaired) electrons. The van der Waals surface area contributed by atoms with Gasteiger partial charge >= 0.3 is 0 Å². The van der Waals surface area contributed by atoms with Crippen LogP contribution in [0.5, 0.6) is 0 Å². The summed E-state index contributed by atoms with van der Waals surface area (Å²) in [5.41, 5.74) is 2.22. The number of hydrogen-bond acceptors (Lipinski definition) is 3. The predicted molar refractivity (Wildman–Crippen MR) is 119 cm³/mol. The highest BCUT2D eigenvalue weighted by Gasteiger charge is 2.28. The number of rotatable bonds is 8. The SMILES string of the molecule is Cc1ccc(CN(C(=O)CSc2ccccc2)[C@@H](C)C(=O)NC2CCCC2)cc1. The number of thioether (sulfide) groups is 1. The molecule has 154 valence electrons. The first-order chi connectivity index (χ1) is 14.0. The highest BCUT2D eigenvalue weighted by atomic mass is 32.2. The summed E-state index contributed by atoms with van der Waals surface area (Å²) in [5.74, 6) is 0.243. The second-order valence-electron chi connectivity index (χ2n) is 7.77. The third-order valence-electron chi connectivity index (χ3n) is 5.45. The van der Waals surface area contributed by atoms with Crippen LogP contribution in [0.3, 0.4) is 0 Å². The van der Waals surface area contributed by atoms with Gasteiger partial charge in [0.2, 0.25) is 11.8 Å². The van der Waals surface area contributed by atoms with E-state index in [9.17, 15) is 9.59 Å². The van der Waals surface area contributed by atoms with Crippen LogP contribution in [0, 0.1) is 6.92 Å². The number of nitrogens with one attached hydrogen (secondary N) is 1. The maximum absolute atomic E-state index is 13.1. The largest absolute Gasteiger partial charge is 0.352 e. The maximum Gasteiger partial charge on any atom is 0.242 e. The van der Waals surface area contributed by atoms with Crippen molar-refractivity contribution in [2.24, 2.45) is 0 Å². The number of carbonyl (C=O) groups is 2. The number of hydrogen-bond donors (Lipinski definition) is 1. The number of amides is 2. The molecule has 4 nitrogen and oxygen atoms in total. The van der Waals surface area contributed by atoms with E-state index in [1.54, 1.807) is 4.90 Å². The van der Waals surface area contributed by atoms with E-state index in [1.165, 1.54) is 30.2 Å². The van der Waals surface area contributed by atoms with Gasteiger partial charge in [-0.15, -0.1) is 11.8 Å². The van der Waals surface area contributed by atoms with Crippen LogP contribution in [-0.2, 0) is 16.1 Å². The molecule has 1 saturated carbocycles. The van der Waals surface area contributed by atoms with Gasteiger partial charge in [-0.3, -0.25) is 9.59 Å².